The van der Waals surface area contributed by atoms with Crippen LogP contribution in [0.1, 0.15) is 0 Å². The lowest BCUT2D eigenvalue weighted by Crippen LogP contribution is -2.12. The number of hydrogen-bond acceptors (Lipinski definition) is 1. The number of halogens is 2. The minimum absolute atomic E-state index is 0.153. The van der Waals surface area contributed by atoms with Gasteiger partial charge in [0, 0.05) is 17.3 Å². The quantitative estimate of drug-likeness (QED) is 0.601. The molecule has 4 heteroatoms. The van der Waals surface area contributed by atoms with Gasteiger partial charge in [0.15, 0.2) is 11.6 Å². The average molecular weight is 209 g/mol. The third kappa shape index (κ3) is 2.74. The Morgan fingerprint density at radius 2 is 2.00 bits per heavy atom. The number of benzene rings is 1. The van der Waals surface area contributed by atoms with Crippen LogP contribution in [0.5, 0.6) is 0 Å². The molecule has 1 aromatic carbocycles. The normalized spacial score (nSPS) is 9.47. The third-order valence-electron chi connectivity index (χ3n) is 1.72. The van der Waals surface area contributed by atoms with Crippen molar-refractivity contribution >= 4 is 11.6 Å². The first-order chi connectivity index (χ1) is 7.04. The van der Waals surface area contributed by atoms with Crippen molar-refractivity contribution in [3.63, 3.8) is 0 Å². The van der Waals surface area contributed by atoms with E-state index < -0.39 is 17.5 Å². The largest absolute Gasteiger partial charge is 0.322 e. The monoisotopic (exact) mass is 209 g/mol. The van der Waals surface area contributed by atoms with Crippen LogP contribution in [-0.2, 0) is 4.79 Å². The smallest absolute Gasteiger partial charge is 0.255 e. The van der Waals surface area contributed by atoms with E-state index in [1.54, 1.807) is 0 Å². The Kier molecular flexibility index (Phi) is 3.33. The molecule has 0 fully saturated rings. The summed E-state index contributed by atoms with van der Waals surface area (Å²) in [5, 5.41) is 2.34. The molecule has 1 N–H and O–H groups in total. The highest BCUT2D eigenvalue weighted by atomic mass is 19.2. The van der Waals surface area contributed by atoms with Gasteiger partial charge in [-0.2, -0.15) is 0 Å². The standard InChI is InChI=1S/C11H9F2NO/c1-3-7(2)11(15)14-8-4-5-9(12)10(13)6-8/h3-6H,1-2H2,(H,14,15). The van der Waals surface area contributed by atoms with E-state index in [9.17, 15) is 13.6 Å². The van der Waals surface area contributed by atoms with Gasteiger partial charge < -0.3 is 5.32 Å². The first-order valence-corrected chi connectivity index (χ1v) is 4.12. The summed E-state index contributed by atoms with van der Waals surface area (Å²) in [7, 11) is 0. The number of nitrogens with one attached hydrogen (secondary N) is 1. The summed E-state index contributed by atoms with van der Waals surface area (Å²) in [6.07, 6.45) is 1.27. The molecule has 15 heavy (non-hydrogen) atoms. The van der Waals surface area contributed by atoms with Crippen LogP contribution in [0.15, 0.2) is 43.0 Å². The number of amides is 1. The molecule has 0 unspecified atom stereocenters. The minimum Gasteiger partial charge on any atom is -0.322 e. The van der Waals surface area contributed by atoms with Gasteiger partial charge in [0.2, 0.25) is 0 Å². The molecule has 1 rings (SSSR count). The summed E-state index contributed by atoms with van der Waals surface area (Å²) in [6.45, 7) is 6.77. The van der Waals surface area contributed by atoms with Crippen LogP contribution >= 0.6 is 0 Å². The fraction of sp³-hybridized carbons (Fsp3) is 0. The predicted molar refractivity (Wildman–Crippen MR) is 54.3 cm³/mol. The zero-order valence-corrected chi connectivity index (χ0v) is 7.89. The maximum atomic E-state index is 12.7. The summed E-state index contributed by atoms with van der Waals surface area (Å²) in [5.74, 6) is -2.48. The van der Waals surface area contributed by atoms with Gasteiger partial charge >= 0.3 is 0 Å². The summed E-state index contributed by atoms with van der Waals surface area (Å²) >= 11 is 0. The lowest BCUT2D eigenvalue weighted by atomic mass is 10.2. The number of carbonyl (C=O) groups is 1. The lowest BCUT2D eigenvalue weighted by Gasteiger charge is -2.04. The highest BCUT2D eigenvalue weighted by Gasteiger charge is 2.06. The summed E-state index contributed by atoms with van der Waals surface area (Å²) in [5.41, 5.74) is 0.321. The fourth-order valence-electron chi connectivity index (χ4n) is 0.878. The van der Waals surface area contributed by atoms with Crippen molar-refractivity contribution in [3.8, 4) is 0 Å². The number of rotatable bonds is 3. The first kappa shape index (κ1) is 11.1. The van der Waals surface area contributed by atoms with Crippen LogP contribution in [0.3, 0.4) is 0 Å². The molecule has 0 saturated heterocycles. The van der Waals surface area contributed by atoms with Gasteiger partial charge in [0.1, 0.15) is 0 Å². The van der Waals surface area contributed by atoms with E-state index in [4.69, 9.17) is 0 Å². The molecule has 0 saturated carbocycles. The zero-order chi connectivity index (χ0) is 11.4. The third-order valence-corrected chi connectivity index (χ3v) is 1.72. The molecule has 0 bridgehead atoms. The lowest BCUT2D eigenvalue weighted by molar-refractivity contribution is -0.112. The Hall–Kier alpha value is -1.97. The molecule has 0 atom stereocenters. The minimum atomic E-state index is -1.02. The highest BCUT2D eigenvalue weighted by molar-refractivity contribution is 6.05. The molecule has 1 aromatic rings. The molecule has 2 nitrogen and oxygen atoms in total. The predicted octanol–water partition coefficient (Wildman–Crippen LogP) is 2.65. The molecule has 0 aliphatic carbocycles. The van der Waals surface area contributed by atoms with Crippen molar-refractivity contribution < 1.29 is 13.6 Å². The molecule has 78 valence electrons. The van der Waals surface area contributed by atoms with Gasteiger partial charge in [-0.15, -0.1) is 0 Å². The van der Waals surface area contributed by atoms with Crippen molar-refractivity contribution in [1.29, 1.82) is 0 Å². The molecule has 0 spiro atoms. The van der Waals surface area contributed by atoms with Gasteiger partial charge in [0.05, 0.1) is 0 Å². The van der Waals surface area contributed by atoms with Crippen molar-refractivity contribution in [2.45, 2.75) is 0 Å². The maximum absolute atomic E-state index is 12.7. The topological polar surface area (TPSA) is 29.1 Å². The van der Waals surface area contributed by atoms with Gasteiger partial charge in [0.25, 0.3) is 5.91 Å². The highest BCUT2D eigenvalue weighted by Crippen LogP contribution is 2.13. The fourth-order valence-corrected chi connectivity index (χ4v) is 0.878. The molecule has 0 radical (unpaired) electrons. The first-order valence-electron chi connectivity index (χ1n) is 4.12. The second kappa shape index (κ2) is 4.50. The van der Waals surface area contributed by atoms with Gasteiger partial charge in [-0.05, 0) is 12.1 Å². The number of anilines is 1. The van der Waals surface area contributed by atoms with Crippen molar-refractivity contribution in [1.82, 2.24) is 0 Å². The van der Waals surface area contributed by atoms with Crippen molar-refractivity contribution in [3.05, 3.63) is 54.6 Å². The van der Waals surface area contributed by atoms with Crippen LogP contribution in [0, 0.1) is 11.6 Å². The molecule has 0 aliphatic heterocycles. The molecular weight excluding hydrogens is 200 g/mol. The zero-order valence-electron chi connectivity index (χ0n) is 7.89. The molecule has 1 amide bonds. The van der Waals surface area contributed by atoms with E-state index in [1.807, 2.05) is 0 Å². The Balaban J connectivity index is 2.82. The summed E-state index contributed by atoms with van der Waals surface area (Å²) < 4.78 is 25.3. The van der Waals surface area contributed by atoms with Crippen LogP contribution in [0.2, 0.25) is 0 Å². The number of carbonyl (C=O) groups excluding carboxylic acids is 1. The number of hydrogen-bond donors (Lipinski definition) is 1. The van der Waals surface area contributed by atoms with Gasteiger partial charge in [-0.3, -0.25) is 4.79 Å². The van der Waals surface area contributed by atoms with Crippen molar-refractivity contribution in [2.75, 3.05) is 5.32 Å². The molecule has 0 aliphatic rings. The van der Waals surface area contributed by atoms with E-state index in [0.717, 1.165) is 12.1 Å². The summed E-state index contributed by atoms with van der Waals surface area (Å²) in [6, 6.07) is 3.08. The Labute approximate surface area is 85.9 Å². The Bertz CT molecular complexity index is 427. The average Bonchev–Trinajstić information content (AvgIpc) is 2.22. The molecule has 0 heterocycles. The molecular formula is C11H9F2NO. The van der Waals surface area contributed by atoms with Gasteiger partial charge in [-0.25, -0.2) is 8.78 Å². The van der Waals surface area contributed by atoms with Crippen molar-refractivity contribution in [2.24, 2.45) is 0 Å². The second-order valence-electron chi connectivity index (χ2n) is 2.81. The van der Waals surface area contributed by atoms with E-state index >= 15 is 0 Å². The van der Waals surface area contributed by atoms with E-state index in [1.165, 1.54) is 12.1 Å². The Morgan fingerprint density at radius 1 is 1.33 bits per heavy atom. The van der Waals surface area contributed by atoms with E-state index in [2.05, 4.69) is 18.5 Å². The summed E-state index contributed by atoms with van der Waals surface area (Å²) in [4.78, 5) is 11.2. The Morgan fingerprint density at radius 3 is 2.53 bits per heavy atom. The van der Waals surface area contributed by atoms with Crippen LogP contribution in [0.4, 0.5) is 14.5 Å². The maximum Gasteiger partial charge on any atom is 0.255 e. The van der Waals surface area contributed by atoms with Crippen LogP contribution < -0.4 is 5.32 Å². The van der Waals surface area contributed by atoms with Crippen LogP contribution in [-0.4, -0.2) is 5.91 Å². The molecule has 0 aromatic heterocycles. The van der Waals surface area contributed by atoms with Gasteiger partial charge in [-0.1, -0.05) is 19.2 Å². The van der Waals surface area contributed by atoms with Crippen LogP contribution in [0.25, 0.3) is 0 Å². The second-order valence-corrected chi connectivity index (χ2v) is 2.81. The van der Waals surface area contributed by atoms with E-state index in [-0.39, 0.29) is 11.3 Å². The SMILES string of the molecule is C=CC(=C)C(=O)Nc1ccc(F)c(F)c1. The van der Waals surface area contributed by atoms with E-state index in [0.29, 0.717) is 0 Å².